The number of aliphatic carboxylic acids is 1. The number of carbonyl (C=O) groups excluding carboxylic acids is 1. The van der Waals surface area contributed by atoms with Gasteiger partial charge in [-0.2, -0.15) is 4.57 Å². The van der Waals surface area contributed by atoms with Crippen LogP contribution >= 0.6 is 0 Å². The predicted molar refractivity (Wildman–Crippen MR) is 71.9 cm³/mol. The first-order valence-corrected chi connectivity index (χ1v) is 6.18. The summed E-state index contributed by atoms with van der Waals surface area (Å²) in [4.78, 5) is 22.5. The molecule has 0 fully saturated rings. The summed E-state index contributed by atoms with van der Waals surface area (Å²) in [6.07, 6.45) is 3.15. The summed E-state index contributed by atoms with van der Waals surface area (Å²) < 4.78 is 1.50. The fraction of sp³-hybridized carbons (Fsp3) is 0.133. The minimum atomic E-state index is -0.920. The third-order valence-corrected chi connectivity index (χ3v) is 2.77. The number of rotatable bonds is 5. The zero-order valence-electron chi connectivity index (χ0n) is 11.2. The van der Waals surface area contributed by atoms with Crippen molar-refractivity contribution < 1.29 is 31.7 Å². The van der Waals surface area contributed by atoms with Crippen molar-refractivity contribution in [2.45, 2.75) is 13.1 Å². The lowest BCUT2D eigenvalue weighted by Crippen LogP contribution is -3.00. The second-order valence-electron chi connectivity index (χ2n) is 4.32. The molecule has 0 bridgehead atoms. The zero-order valence-corrected chi connectivity index (χ0v) is 12.0. The van der Waals surface area contributed by atoms with Crippen molar-refractivity contribution in [3.8, 4) is 0 Å². The average molecular weight is 307 g/mol. The van der Waals surface area contributed by atoms with Gasteiger partial charge < -0.3 is 22.8 Å². The molecule has 6 heteroatoms. The van der Waals surface area contributed by atoms with Crippen molar-refractivity contribution in [2.24, 2.45) is 0 Å². The summed E-state index contributed by atoms with van der Waals surface area (Å²) in [6.45, 7) is 0.343. The van der Waals surface area contributed by atoms with Crippen LogP contribution < -0.4 is 22.3 Å². The molecule has 0 saturated carbocycles. The lowest BCUT2D eigenvalue weighted by Gasteiger charge is -2.04. The summed E-state index contributed by atoms with van der Waals surface area (Å²) in [5.74, 6) is -1.10. The number of halogens is 1. The van der Waals surface area contributed by atoms with Crippen LogP contribution in [-0.2, 0) is 17.9 Å². The molecule has 0 spiro atoms. The molecule has 0 aliphatic rings. The number of carboxylic acid groups (broad SMARTS) is 1. The molecule has 1 amide bonds. The summed E-state index contributed by atoms with van der Waals surface area (Å²) in [5.41, 5.74) is 1.53. The van der Waals surface area contributed by atoms with E-state index in [0.29, 0.717) is 12.1 Å². The Labute approximate surface area is 128 Å². The number of carbonyl (C=O) groups is 2. The molecule has 0 aliphatic heterocycles. The van der Waals surface area contributed by atoms with Gasteiger partial charge in [0.15, 0.2) is 12.4 Å². The van der Waals surface area contributed by atoms with Crippen LogP contribution in [0.25, 0.3) is 0 Å². The van der Waals surface area contributed by atoms with E-state index in [1.165, 1.54) is 4.57 Å². The Morgan fingerprint density at radius 3 is 2.24 bits per heavy atom. The first-order valence-electron chi connectivity index (χ1n) is 6.18. The van der Waals surface area contributed by atoms with E-state index in [0.717, 1.165) is 5.56 Å². The van der Waals surface area contributed by atoms with Crippen LogP contribution in [0.3, 0.4) is 0 Å². The van der Waals surface area contributed by atoms with Gasteiger partial charge in [0.2, 0.25) is 6.54 Å². The molecule has 0 radical (unpaired) electrons. The Kier molecular flexibility index (Phi) is 6.36. The highest BCUT2D eigenvalue weighted by molar-refractivity contribution is 5.93. The van der Waals surface area contributed by atoms with Crippen molar-refractivity contribution in [3.63, 3.8) is 0 Å². The Balaban J connectivity index is 0.00000220. The molecule has 110 valence electrons. The largest absolute Gasteiger partial charge is 1.00 e. The topological polar surface area (TPSA) is 70.3 Å². The number of hydrogen-bond donors (Lipinski definition) is 2. The highest BCUT2D eigenvalue weighted by atomic mass is 35.5. The van der Waals surface area contributed by atoms with Gasteiger partial charge in [-0.15, -0.1) is 0 Å². The second-order valence-corrected chi connectivity index (χ2v) is 4.32. The summed E-state index contributed by atoms with van der Waals surface area (Å²) in [7, 11) is 0. The average Bonchev–Trinajstić information content (AvgIpc) is 2.46. The number of benzene rings is 1. The lowest BCUT2D eigenvalue weighted by molar-refractivity contribution is -0.685. The molecule has 0 unspecified atom stereocenters. The highest BCUT2D eigenvalue weighted by Gasteiger charge is 2.10. The quantitative estimate of drug-likeness (QED) is 0.627. The smallest absolute Gasteiger partial charge is 0.370 e. The normalized spacial score (nSPS) is 9.52. The Hall–Kier alpha value is -2.40. The first-order chi connectivity index (χ1) is 9.65. The van der Waals surface area contributed by atoms with E-state index in [1.807, 2.05) is 30.3 Å². The van der Waals surface area contributed by atoms with Crippen molar-refractivity contribution in [1.29, 1.82) is 0 Å². The molecule has 21 heavy (non-hydrogen) atoms. The van der Waals surface area contributed by atoms with E-state index in [2.05, 4.69) is 5.32 Å². The number of nitrogens with one attached hydrogen (secondary N) is 1. The van der Waals surface area contributed by atoms with Gasteiger partial charge in [-0.25, -0.2) is 4.79 Å². The van der Waals surface area contributed by atoms with Crippen molar-refractivity contribution in [1.82, 2.24) is 5.32 Å². The summed E-state index contributed by atoms with van der Waals surface area (Å²) in [5, 5.41) is 11.5. The van der Waals surface area contributed by atoms with E-state index in [-0.39, 0.29) is 24.9 Å². The third-order valence-electron chi connectivity index (χ3n) is 2.77. The molecule has 0 aliphatic carbocycles. The fourth-order valence-electron chi connectivity index (χ4n) is 1.75. The zero-order chi connectivity index (χ0) is 14.4. The Morgan fingerprint density at radius 1 is 1.05 bits per heavy atom. The third kappa shape index (κ3) is 5.24. The van der Waals surface area contributed by atoms with E-state index in [1.54, 1.807) is 24.5 Å². The number of pyridine rings is 1. The van der Waals surface area contributed by atoms with Gasteiger partial charge in [0.25, 0.3) is 5.91 Å². The predicted octanol–water partition coefficient (Wildman–Crippen LogP) is -2.01. The van der Waals surface area contributed by atoms with Crippen LogP contribution in [0.2, 0.25) is 0 Å². The number of aromatic nitrogens is 1. The van der Waals surface area contributed by atoms with Crippen LogP contribution in [0, 0.1) is 0 Å². The molecule has 5 nitrogen and oxygen atoms in total. The van der Waals surface area contributed by atoms with E-state index in [4.69, 9.17) is 5.11 Å². The molecule has 0 saturated heterocycles. The standard InChI is InChI=1S/C15H14N2O3.ClH/c18-14(19)11-17-8-6-13(7-9-17)15(20)16-10-12-4-2-1-3-5-12;/h1-9H,10-11H2,(H-,16,18,19,20);1H. The van der Waals surface area contributed by atoms with Crippen LogP contribution in [0.1, 0.15) is 15.9 Å². The molecule has 2 aromatic rings. The van der Waals surface area contributed by atoms with Gasteiger partial charge in [-0.3, -0.25) is 4.79 Å². The monoisotopic (exact) mass is 306 g/mol. The molecule has 2 rings (SSSR count). The maximum absolute atomic E-state index is 11.9. The van der Waals surface area contributed by atoms with E-state index >= 15 is 0 Å². The minimum Gasteiger partial charge on any atom is -1.00 e. The fourth-order valence-corrected chi connectivity index (χ4v) is 1.75. The molecular formula is C15H15ClN2O3. The van der Waals surface area contributed by atoms with Gasteiger partial charge in [0.05, 0.1) is 5.56 Å². The highest BCUT2D eigenvalue weighted by Crippen LogP contribution is 2.00. The van der Waals surface area contributed by atoms with Crippen molar-refractivity contribution in [2.75, 3.05) is 0 Å². The number of hydrogen-bond acceptors (Lipinski definition) is 2. The number of amides is 1. The maximum Gasteiger partial charge on any atom is 0.370 e. The van der Waals surface area contributed by atoms with Crippen LogP contribution in [0.5, 0.6) is 0 Å². The van der Waals surface area contributed by atoms with Gasteiger partial charge >= 0.3 is 5.97 Å². The molecule has 0 atom stereocenters. The number of carboxylic acids is 1. The van der Waals surface area contributed by atoms with Crippen LogP contribution in [-0.4, -0.2) is 17.0 Å². The van der Waals surface area contributed by atoms with Crippen molar-refractivity contribution >= 4 is 11.9 Å². The summed E-state index contributed by atoms with van der Waals surface area (Å²) >= 11 is 0. The lowest BCUT2D eigenvalue weighted by atomic mass is 10.2. The summed E-state index contributed by atoms with van der Waals surface area (Å²) in [6, 6.07) is 12.8. The van der Waals surface area contributed by atoms with Gasteiger partial charge in [0.1, 0.15) is 0 Å². The van der Waals surface area contributed by atoms with Gasteiger partial charge in [0, 0.05) is 18.7 Å². The Bertz CT molecular complexity index is 600. The molecule has 1 aromatic carbocycles. The second kappa shape index (κ2) is 8.01. The van der Waals surface area contributed by atoms with Gasteiger partial charge in [-0.05, 0) is 5.56 Å². The minimum absolute atomic E-state index is 0. The van der Waals surface area contributed by atoms with Crippen molar-refractivity contribution in [3.05, 3.63) is 66.0 Å². The molecule has 2 N–H and O–H groups in total. The van der Waals surface area contributed by atoms with Crippen LogP contribution in [0.15, 0.2) is 54.9 Å². The molecule has 1 aromatic heterocycles. The number of nitrogens with zero attached hydrogens (tertiary/aromatic N) is 1. The molecule has 1 heterocycles. The Morgan fingerprint density at radius 2 is 1.67 bits per heavy atom. The molecular weight excluding hydrogens is 292 g/mol. The van der Waals surface area contributed by atoms with Gasteiger partial charge in [-0.1, -0.05) is 30.3 Å². The van der Waals surface area contributed by atoms with E-state index in [9.17, 15) is 9.59 Å². The van der Waals surface area contributed by atoms with Crippen LogP contribution in [0.4, 0.5) is 0 Å². The SMILES string of the molecule is O=C(O)C[n+]1ccc(C(=O)NCc2ccccc2)cc1.[Cl-]. The first kappa shape index (κ1) is 16.7. The maximum atomic E-state index is 11.9. The van der Waals surface area contributed by atoms with E-state index < -0.39 is 5.97 Å².